The number of aliphatic hydroxyl groups excluding tert-OH is 1. The summed E-state index contributed by atoms with van der Waals surface area (Å²) in [5, 5.41) is 8.80. The first-order chi connectivity index (χ1) is 4.72. The molecule has 1 N–H and O–H groups in total. The van der Waals surface area contributed by atoms with Gasteiger partial charge in [-0.25, -0.2) is 0 Å². The van der Waals surface area contributed by atoms with Gasteiger partial charge in [-0.05, 0) is 12.3 Å². The van der Waals surface area contributed by atoms with E-state index in [1.165, 1.54) is 0 Å². The first-order valence-corrected chi connectivity index (χ1v) is 3.94. The van der Waals surface area contributed by atoms with Crippen molar-refractivity contribution in [1.82, 2.24) is 0 Å². The third kappa shape index (κ3) is 3.85. The third-order valence-electron chi connectivity index (χ3n) is 1.46. The highest BCUT2D eigenvalue weighted by molar-refractivity contribution is 4.59. The lowest BCUT2D eigenvalue weighted by atomic mass is 10.1. The Kier molecular flexibility index (Phi) is 5.64. The largest absolute Gasteiger partial charge is 0.394 e. The zero-order chi connectivity index (χ0) is 7.98. The zero-order valence-corrected chi connectivity index (χ0v) is 7.13. The molecule has 0 aliphatic carbocycles. The van der Waals surface area contributed by atoms with E-state index >= 15 is 0 Å². The van der Waals surface area contributed by atoms with Gasteiger partial charge in [-0.2, -0.15) is 0 Å². The highest BCUT2D eigenvalue weighted by Crippen LogP contribution is 2.05. The maximum Gasteiger partial charge on any atom is 0.0828 e. The van der Waals surface area contributed by atoms with Crippen molar-refractivity contribution in [3.8, 4) is 0 Å². The summed E-state index contributed by atoms with van der Waals surface area (Å²) in [4.78, 5) is 0. The summed E-state index contributed by atoms with van der Waals surface area (Å²) in [5.74, 6) is 0.413. The van der Waals surface area contributed by atoms with E-state index in [1.54, 1.807) is 0 Å². The number of ether oxygens (including phenoxy) is 1. The Hall–Kier alpha value is -0.0800. The molecule has 0 spiro atoms. The SMILES string of the molecule is CCCO[C@@H](CO)C(C)C. The van der Waals surface area contributed by atoms with Gasteiger partial charge < -0.3 is 9.84 Å². The van der Waals surface area contributed by atoms with Gasteiger partial charge in [0.1, 0.15) is 0 Å². The van der Waals surface area contributed by atoms with Crippen LogP contribution in [0.15, 0.2) is 0 Å². The lowest BCUT2D eigenvalue weighted by Crippen LogP contribution is -2.24. The van der Waals surface area contributed by atoms with E-state index in [1.807, 2.05) is 0 Å². The number of hydrogen-bond acceptors (Lipinski definition) is 2. The normalized spacial score (nSPS) is 14.1. The molecule has 1 atom stereocenters. The number of aliphatic hydroxyl groups is 1. The van der Waals surface area contributed by atoms with Crippen LogP contribution in [0.1, 0.15) is 27.2 Å². The summed E-state index contributed by atoms with van der Waals surface area (Å²) in [6.45, 7) is 7.06. The minimum atomic E-state index is 0.0277. The van der Waals surface area contributed by atoms with Crippen LogP contribution in [0.2, 0.25) is 0 Å². The Morgan fingerprint density at radius 1 is 1.40 bits per heavy atom. The van der Waals surface area contributed by atoms with Gasteiger partial charge in [0.15, 0.2) is 0 Å². The molecule has 0 fully saturated rings. The topological polar surface area (TPSA) is 29.5 Å². The van der Waals surface area contributed by atoms with Crippen molar-refractivity contribution >= 4 is 0 Å². The summed E-state index contributed by atoms with van der Waals surface area (Å²) in [7, 11) is 0. The van der Waals surface area contributed by atoms with Crippen LogP contribution in [0.3, 0.4) is 0 Å². The van der Waals surface area contributed by atoms with Crippen LogP contribution in [0.4, 0.5) is 0 Å². The maximum atomic E-state index is 8.80. The molecule has 0 bridgehead atoms. The number of rotatable bonds is 5. The monoisotopic (exact) mass is 146 g/mol. The molecule has 2 heteroatoms. The van der Waals surface area contributed by atoms with Gasteiger partial charge in [-0.1, -0.05) is 20.8 Å². The van der Waals surface area contributed by atoms with Crippen molar-refractivity contribution in [3.05, 3.63) is 0 Å². The molecule has 0 aliphatic rings. The summed E-state index contributed by atoms with van der Waals surface area (Å²) in [6, 6.07) is 0. The second-order valence-corrected chi connectivity index (χ2v) is 2.84. The Morgan fingerprint density at radius 2 is 2.00 bits per heavy atom. The fraction of sp³-hybridized carbons (Fsp3) is 1.00. The molecule has 0 aliphatic heterocycles. The fourth-order valence-corrected chi connectivity index (χ4v) is 0.725. The van der Waals surface area contributed by atoms with E-state index in [9.17, 15) is 0 Å². The smallest absolute Gasteiger partial charge is 0.0828 e. The molecule has 0 saturated heterocycles. The highest BCUT2D eigenvalue weighted by atomic mass is 16.5. The minimum Gasteiger partial charge on any atom is -0.394 e. The quantitative estimate of drug-likeness (QED) is 0.635. The van der Waals surface area contributed by atoms with Crippen LogP contribution >= 0.6 is 0 Å². The first kappa shape index (κ1) is 9.92. The van der Waals surface area contributed by atoms with Crippen LogP contribution in [0.25, 0.3) is 0 Å². The predicted molar refractivity (Wildman–Crippen MR) is 42.0 cm³/mol. The molecule has 0 saturated carbocycles. The van der Waals surface area contributed by atoms with Crippen molar-refractivity contribution in [3.63, 3.8) is 0 Å². The summed E-state index contributed by atoms with van der Waals surface area (Å²) in [5.41, 5.74) is 0. The Bertz CT molecular complexity index is 71.7. The van der Waals surface area contributed by atoms with Crippen molar-refractivity contribution < 1.29 is 9.84 Å². The number of hydrogen-bond donors (Lipinski definition) is 1. The van der Waals surface area contributed by atoms with Gasteiger partial charge in [-0.15, -0.1) is 0 Å². The molecule has 0 aromatic rings. The summed E-state index contributed by atoms with van der Waals surface area (Å²) >= 11 is 0. The third-order valence-corrected chi connectivity index (χ3v) is 1.46. The molecule has 0 radical (unpaired) electrons. The molecular weight excluding hydrogens is 128 g/mol. The van der Waals surface area contributed by atoms with Crippen LogP contribution in [-0.2, 0) is 4.74 Å². The van der Waals surface area contributed by atoms with Crippen LogP contribution in [0.5, 0.6) is 0 Å². The van der Waals surface area contributed by atoms with E-state index in [2.05, 4.69) is 20.8 Å². The molecule has 0 aromatic heterocycles. The Labute approximate surface area is 63.2 Å². The van der Waals surface area contributed by atoms with Gasteiger partial charge in [0.2, 0.25) is 0 Å². The molecule has 2 nitrogen and oxygen atoms in total. The molecule has 0 heterocycles. The molecule has 0 amide bonds. The fourth-order valence-electron chi connectivity index (χ4n) is 0.725. The van der Waals surface area contributed by atoms with E-state index < -0.39 is 0 Å². The molecule has 0 unspecified atom stereocenters. The average Bonchev–Trinajstić information content (AvgIpc) is 1.89. The van der Waals surface area contributed by atoms with Crippen LogP contribution in [0, 0.1) is 5.92 Å². The van der Waals surface area contributed by atoms with Gasteiger partial charge in [-0.3, -0.25) is 0 Å². The van der Waals surface area contributed by atoms with Gasteiger partial charge in [0.05, 0.1) is 12.7 Å². The zero-order valence-electron chi connectivity index (χ0n) is 7.13. The van der Waals surface area contributed by atoms with Crippen molar-refractivity contribution in [2.24, 2.45) is 5.92 Å². The second-order valence-electron chi connectivity index (χ2n) is 2.84. The van der Waals surface area contributed by atoms with Crippen molar-refractivity contribution in [1.29, 1.82) is 0 Å². The standard InChI is InChI=1S/C8H18O2/c1-4-5-10-8(6-9)7(2)3/h7-9H,4-6H2,1-3H3/t8-/m0/s1. The molecular formula is C8H18O2. The van der Waals surface area contributed by atoms with Gasteiger partial charge >= 0.3 is 0 Å². The minimum absolute atomic E-state index is 0.0277. The predicted octanol–water partition coefficient (Wildman–Crippen LogP) is 1.43. The lowest BCUT2D eigenvalue weighted by molar-refractivity contribution is -0.0138. The van der Waals surface area contributed by atoms with Crippen LogP contribution in [-0.4, -0.2) is 24.4 Å². The molecule has 10 heavy (non-hydrogen) atoms. The molecule has 0 rings (SSSR count). The van der Waals surface area contributed by atoms with Gasteiger partial charge in [0.25, 0.3) is 0 Å². The van der Waals surface area contributed by atoms with Crippen molar-refractivity contribution in [2.75, 3.05) is 13.2 Å². The lowest BCUT2D eigenvalue weighted by Gasteiger charge is -2.18. The molecule has 0 aromatic carbocycles. The van der Waals surface area contributed by atoms with E-state index in [0.29, 0.717) is 5.92 Å². The van der Waals surface area contributed by atoms with E-state index in [4.69, 9.17) is 9.84 Å². The first-order valence-electron chi connectivity index (χ1n) is 3.94. The second kappa shape index (κ2) is 5.69. The summed E-state index contributed by atoms with van der Waals surface area (Å²) < 4.78 is 5.35. The van der Waals surface area contributed by atoms with E-state index in [0.717, 1.165) is 13.0 Å². The Balaban J connectivity index is 3.40. The van der Waals surface area contributed by atoms with E-state index in [-0.39, 0.29) is 12.7 Å². The Morgan fingerprint density at radius 3 is 2.30 bits per heavy atom. The van der Waals surface area contributed by atoms with Crippen LogP contribution < -0.4 is 0 Å². The van der Waals surface area contributed by atoms with Crippen molar-refractivity contribution in [2.45, 2.75) is 33.3 Å². The van der Waals surface area contributed by atoms with Gasteiger partial charge in [0, 0.05) is 6.61 Å². The highest BCUT2D eigenvalue weighted by Gasteiger charge is 2.10. The average molecular weight is 146 g/mol. The maximum absolute atomic E-state index is 8.80. The molecule has 62 valence electrons. The summed E-state index contributed by atoms with van der Waals surface area (Å²) in [6.07, 6.45) is 1.04.